The first-order valence-electron chi connectivity index (χ1n) is 3.85. The average molecular weight is 176 g/mol. The zero-order chi connectivity index (χ0) is 9.26. The van der Waals surface area contributed by atoms with Crippen LogP contribution in [0.15, 0.2) is 30.5 Å². The molecule has 2 aromatic rings. The molecule has 2 N–H and O–H groups in total. The SMILES string of the molecule is OC(O)c1cnc2ccccc2n1. The minimum absolute atomic E-state index is 0.165. The van der Waals surface area contributed by atoms with Crippen molar-refractivity contribution in [3.05, 3.63) is 36.2 Å². The predicted octanol–water partition coefficient (Wildman–Crippen LogP) is 0.613. The minimum Gasteiger partial charge on any atom is -0.363 e. The Bertz CT molecular complexity index is 429. The van der Waals surface area contributed by atoms with Crippen LogP contribution in [0.5, 0.6) is 0 Å². The number of hydrogen-bond donors (Lipinski definition) is 2. The van der Waals surface area contributed by atoms with E-state index in [0.29, 0.717) is 5.52 Å². The largest absolute Gasteiger partial charge is 0.363 e. The molecular weight excluding hydrogens is 168 g/mol. The first-order valence-corrected chi connectivity index (χ1v) is 3.85. The molecule has 0 aliphatic carbocycles. The molecule has 0 fully saturated rings. The van der Waals surface area contributed by atoms with Crippen LogP contribution in [-0.2, 0) is 0 Å². The molecule has 0 radical (unpaired) electrons. The van der Waals surface area contributed by atoms with Gasteiger partial charge in [0.05, 0.1) is 17.2 Å². The van der Waals surface area contributed by atoms with Crippen LogP contribution in [0.4, 0.5) is 0 Å². The summed E-state index contributed by atoms with van der Waals surface area (Å²) in [5.41, 5.74) is 1.57. The van der Waals surface area contributed by atoms with Crippen molar-refractivity contribution >= 4 is 11.0 Å². The van der Waals surface area contributed by atoms with Crippen molar-refractivity contribution < 1.29 is 10.2 Å². The third-order valence-electron chi connectivity index (χ3n) is 1.73. The van der Waals surface area contributed by atoms with E-state index in [0.717, 1.165) is 5.52 Å². The molecule has 0 aliphatic heterocycles. The standard InChI is InChI=1S/C9H8N2O2/c12-9(13)8-5-10-6-3-1-2-4-7(6)11-8/h1-5,9,12-13H. The lowest BCUT2D eigenvalue weighted by molar-refractivity contribution is -0.0458. The molecule has 13 heavy (non-hydrogen) atoms. The predicted molar refractivity (Wildman–Crippen MR) is 46.7 cm³/mol. The van der Waals surface area contributed by atoms with Crippen molar-refractivity contribution in [3.8, 4) is 0 Å². The number of para-hydroxylation sites is 2. The molecule has 0 bridgehead atoms. The van der Waals surface area contributed by atoms with E-state index in [-0.39, 0.29) is 5.69 Å². The van der Waals surface area contributed by atoms with Gasteiger partial charge in [-0.15, -0.1) is 0 Å². The number of benzene rings is 1. The van der Waals surface area contributed by atoms with Gasteiger partial charge in [-0.25, -0.2) is 4.98 Å². The van der Waals surface area contributed by atoms with Crippen molar-refractivity contribution in [3.63, 3.8) is 0 Å². The molecular formula is C9H8N2O2. The van der Waals surface area contributed by atoms with Crippen molar-refractivity contribution in [1.29, 1.82) is 0 Å². The highest BCUT2D eigenvalue weighted by Crippen LogP contribution is 2.11. The van der Waals surface area contributed by atoms with E-state index >= 15 is 0 Å². The second-order valence-electron chi connectivity index (χ2n) is 2.66. The Morgan fingerprint density at radius 2 is 1.77 bits per heavy atom. The van der Waals surface area contributed by atoms with E-state index in [4.69, 9.17) is 10.2 Å². The lowest BCUT2D eigenvalue weighted by atomic mass is 10.3. The van der Waals surface area contributed by atoms with Crippen LogP contribution in [0.1, 0.15) is 12.0 Å². The summed E-state index contributed by atoms with van der Waals surface area (Å²) in [5.74, 6) is 0. The molecule has 1 aromatic heterocycles. The fourth-order valence-corrected chi connectivity index (χ4v) is 1.10. The maximum Gasteiger partial charge on any atom is 0.197 e. The van der Waals surface area contributed by atoms with E-state index in [1.54, 1.807) is 6.07 Å². The quantitative estimate of drug-likeness (QED) is 0.625. The molecule has 0 atom stereocenters. The van der Waals surface area contributed by atoms with Crippen molar-refractivity contribution in [2.45, 2.75) is 6.29 Å². The zero-order valence-electron chi connectivity index (χ0n) is 6.75. The lowest BCUT2D eigenvalue weighted by Gasteiger charge is -2.02. The number of aliphatic hydroxyl groups excluding tert-OH is 1. The van der Waals surface area contributed by atoms with E-state index in [9.17, 15) is 0 Å². The molecule has 4 nitrogen and oxygen atoms in total. The van der Waals surface area contributed by atoms with Gasteiger partial charge in [0.25, 0.3) is 0 Å². The van der Waals surface area contributed by atoms with Crippen LogP contribution < -0.4 is 0 Å². The normalized spacial score (nSPS) is 11.0. The summed E-state index contributed by atoms with van der Waals surface area (Å²) in [5, 5.41) is 17.7. The number of nitrogens with zero attached hydrogens (tertiary/aromatic N) is 2. The molecule has 4 heteroatoms. The Kier molecular flexibility index (Phi) is 1.92. The first-order chi connectivity index (χ1) is 6.27. The van der Waals surface area contributed by atoms with E-state index in [1.807, 2.05) is 18.2 Å². The van der Waals surface area contributed by atoms with E-state index in [1.165, 1.54) is 6.20 Å². The highest BCUT2D eigenvalue weighted by molar-refractivity contribution is 5.73. The molecule has 1 heterocycles. The monoisotopic (exact) mass is 176 g/mol. The summed E-state index contributed by atoms with van der Waals surface area (Å²) in [6.07, 6.45) is -0.204. The molecule has 0 amide bonds. The second kappa shape index (κ2) is 3.08. The molecule has 0 saturated carbocycles. The Hall–Kier alpha value is -1.52. The minimum atomic E-state index is -1.56. The Balaban J connectivity index is 2.62. The summed E-state index contributed by atoms with van der Waals surface area (Å²) in [6.45, 7) is 0. The number of rotatable bonds is 1. The van der Waals surface area contributed by atoms with E-state index in [2.05, 4.69) is 9.97 Å². The summed E-state index contributed by atoms with van der Waals surface area (Å²) >= 11 is 0. The van der Waals surface area contributed by atoms with Gasteiger partial charge in [0.2, 0.25) is 0 Å². The molecule has 66 valence electrons. The van der Waals surface area contributed by atoms with Gasteiger partial charge < -0.3 is 10.2 Å². The Labute approximate surface area is 74.5 Å². The number of hydrogen-bond acceptors (Lipinski definition) is 4. The van der Waals surface area contributed by atoms with Crippen LogP contribution in [-0.4, -0.2) is 20.2 Å². The Morgan fingerprint density at radius 3 is 2.46 bits per heavy atom. The maximum absolute atomic E-state index is 8.84. The first kappa shape index (κ1) is 8.10. The fraction of sp³-hybridized carbons (Fsp3) is 0.111. The van der Waals surface area contributed by atoms with Crippen LogP contribution in [0.3, 0.4) is 0 Å². The average Bonchev–Trinajstić information content (AvgIpc) is 2.17. The molecule has 0 aliphatic rings. The number of aliphatic hydroxyl groups is 2. The van der Waals surface area contributed by atoms with Gasteiger partial charge in [0.15, 0.2) is 6.29 Å². The summed E-state index contributed by atoms with van der Waals surface area (Å²) < 4.78 is 0. The van der Waals surface area contributed by atoms with Crippen molar-refractivity contribution in [2.75, 3.05) is 0 Å². The number of aromatic nitrogens is 2. The summed E-state index contributed by atoms with van der Waals surface area (Å²) in [7, 11) is 0. The highest BCUT2D eigenvalue weighted by atomic mass is 16.5. The number of fused-ring (bicyclic) bond motifs is 1. The van der Waals surface area contributed by atoms with Gasteiger partial charge in [0.1, 0.15) is 5.69 Å². The molecule has 2 rings (SSSR count). The summed E-state index contributed by atoms with van der Waals surface area (Å²) in [6, 6.07) is 7.26. The molecule has 0 unspecified atom stereocenters. The molecule has 0 spiro atoms. The third-order valence-corrected chi connectivity index (χ3v) is 1.73. The lowest BCUT2D eigenvalue weighted by Crippen LogP contribution is -1.99. The van der Waals surface area contributed by atoms with E-state index < -0.39 is 6.29 Å². The van der Waals surface area contributed by atoms with Gasteiger partial charge in [-0.1, -0.05) is 12.1 Å². The van der Waals surface area contributed by atoms with Gasteiger partial charge in [0, 0.05) is 0 Å². The summed E-state index contributed by atoms with van der Waals surface area (Å²) in [4.78, 5) is 8.03. The third kappa shape index (κ3) is 1.49. The van der Waals surface area contributed by atoms with Crippen LogP contribution >= 0.6 is 0 Å². The smallest absolute Gasteiger partial charge is 0.197 e. The van der Waals surface area contributed by atoms with Gasteiger partial charge >= 0.3 is 0 Å². The molecule has 1 aromatic carbocycles. The fourth-order valence-electron chi connectivity index (χ4n) is 1.10. The van der Waals surface area contributed by atoms with Crippen molar-refractivity contribution in [2.24, 2.45) is 0 Å². The van der Waals surface area contributed by atoms with Crippen LogP contribution in [0.2, 0.25) is 0 Å². The zero-order valence-corrected chi connectivity index (χ0v) is 6.75. The maximum atomic E-state index is 8.84. The van der Waals surface area contributed by atoms with Crippen molar-refractivity contribution in [1.82, 2.24) is 9.97 Å². The Morgan fingerprint density at radius 1 is 1.08 bits per heavy atom. The topological polar surface area (TPSA) is 66.2 Å². The van der Waals surface area contributed by atoms with Gasteiger partial charge in [-0.2, -0.15) is 0 Å². The van der Waals surface area contributed by atoms with Gasteiger partial charge in [-0.05, 0) is 12.1 Å². The molecule has 0 saturated heterocycles. The van der Waals surface area contributed by atoms with Crippen LogP contribution in [0.25, 0.3) is 11.0 Å². The second-order valence-corrected chi connectivity index (χ2v) is 2.66. The van der Waals surface area contributed by atoms with Gasteiger partial charge in [-0.3, -0.25) is 4.98 Å². The highest BCUT2D eigenvalue weighted by Gasteiger charge is 2.05. The van der Waals surface area contributed by atoms with Crippen LogP contribution in [0, 0.1) is 0 Å².